The summed E-state index contributed by atoms with van der Waals surface area (Å²) in [4.78, 5) is 5.63. The van der Waals surface area contributed by atoms with Crippen LogP contribution in [-0.2, 0) is 4.74 Å². The van der Waals surface area contributed by atoms with Gasteiger partial charge in [0, 0.05) is 37.5 Å². The third-order valence-corrected chi connectivity index (χ3v) is 4.31. The van der Waals surface area contributed by atoms with Crippen LogP contribution in [0.15, 0.2) is 22.5 Å². The Kier molecular flexibility index (Phi) is 12.9. The van der Waals surface area contributed by atoms with Crippen molar-refractivity contribution in [3.8, 4) is 0 Å². The van der Waals surface area contributed by atoms with Gasteiger partial charge in [0.1, 0.15) is 0 Å². The van der Waals surface area contributed by atoms with Gasteiger partial charge in [0.2, 0.25) is 0 Å². The molecule has 0 bridgehead atoms. The standard InChI is InChI=1S/C16H29N3OS.HI/c1-13(2)7-9-20-10-8-18-16(17-4)19-12-14(3)15-6-5-11-21-15;/h5-6,11,13-14H,7-10,12H2,1-4H3,(H2,17,18,19);1H. The van der Waals surface area contributed by atoms with Crippen LogP contribution < -0.4 is 10.6 Å². The third-order valence-electron chi connectivity index (χ3n) is 3.21. The lowest BCUT2D eigenvalue weighted by atomic mass is 10.1. The van der Waals surface area contributed by atoms with Crippen LogP contribution in [0.25, 0.3) is 0 Å². The molecular weight excluding hydrogens is 409 g/mol. The fraction of sp³-hybridized carbons (Fsp3) is 0.688. The molecule has 2 N–H and O–H groups in total. The zero-order valence-corrected chi connectivity index (χ0v) is 17.2. The van der Waals surface area contributed by atoms with Gasteiger partial charge in [0.25, 0.3) is 0 Å². The number of hydrogen-bond acceptors (Lipinski definition) is 3. The topological polar surface area (TPSA) is 45.7 Å². The summed E-state index contributed by atoms with van der Waals surface area (Å²) in [7, 11) is 1.80. The molecule has 0 fully saturated rings. The minimum absolute atomic E-state index is 0. The summed E-state index contributed by atoms with van der Waals surface area (Å²) in [5.41, 5.74) is 0. The molecule has 1 aromatic heterocycles. The number of thiophene rings is 1. The second kappa shape index (κ2) is 13.1. The van der Waals surface area contributed by atoms with Crippen molar-refractivity contribution in [1.82, 2.24) is 10.6 Å². The molecule has 0 amide bonds. The number of nitrogens with zero attached hydrogens (tertiary/aromatic N) is 1. The van der Waals surface area contributed by atoms with Crippen LogP contribution in [0.2, 0.25) is 0 Å². The SMILES string of the molecule is CN=C(NCCOCCC(C)C)NCC(C)c1cccs1.I. The maximum absolute atomic E-state index is 5.58. The van der Waals surface area contributed by atoms with E-state index in [-0.39, 0.29) is 24.0 Å². The zero-order chi connectivity index (χ0) is 15.5. The maximum atomic E-state index is 5.58. The number of hydrogen-bond donors (Lipinski definition) is 2. The van der Waals surface area contributed by atoms with Crippen molar-refractivity contribution in [3.05, 3.63) is 22.4 Å². The van der Waals surface area contributed by atoms with Crippen LogP contribution >= 0.6 is 35.3 Å². The Bertz CT molecular complexity index is 396. The van der Waals surface area contributed by atoms with E-state index in [2.05, 4.69) is 53.9 Å². The van der Waals surface area contributed by atoms with Gasteiger partial charge >= 0.3 is 0 Å². The van der Waals surface area contributed by atoms with Crippen LogP contribution in [0, 0.1) is 5.92 Å². The highest BCUT2D eigenvalue weighted by Gasteiger charge is 2.07. The Labute approximate surface area is 156 Å². The van der Waals surface area contributed by atoms with E-state index < -0.39 is 0 Å². The monoisotopic (exact) mass is 439 g/mol. The molecule has 0 saturated heterocycles. The molecule has 1 aromatic rings. The van der Waals surface area contributed by atoms with Crippen molar-refractivity contribution in [2.24, 2.45) is 10.9 Å². The fourth-order valence-corrected chi connectivity index (χ4v) is 2.59. The summed E-state index contributed by atoms with van der Waals surface area (Å²) in [6, 6.07) is 4.27. The minimum atomic E-state index is 0. The van der Waals surface area contributed by atoms with E-state index in [9.17, 15) is 0 Å². The van der Waals surface area contributed by atoms with Gasteiger partial charge in [0.05, 0.1) is 6.61 Å². The number of nitrogens with one attached hydrogen (secondary N) is 2. The summed E-state index contributed by atoms with van der Waals surface area (Å²) >= 11 is 1.80. The van der Waals surface area contributed by atoms with Crippen molar-refractivity contribution in [2.45, 2.75) is 33.1 Å². The van der Waals surface area contributed by atoms with Crippen molar-refractivity contribution in [1.29, 1.82) is 0 Å². The molecule has 22 heavy (non-hydrogen) atoms. The summed E-state index contributed by atoms with van der Waals surface area (Å²) in [6.45, 7) is 9.86. The van der Waals surface area contributed by atoms with Crippen LogP contribution in [0.5, 0.6) is 0 Å². The number of guanidine groups is 1. The van der Waals surface area contributed by atoms with Gasteiger partial charge in [-0.15, -0.1) is 35.3 Å². The van der Waals surface area contributed by atoms with Crippen molar-refractivity contribution in [2.75, 3.05) is 33.4 Å². The molecule has 0 aliphatic rings. The normalized spacial score (nSPS) is 12.9. The van der Waals surface area contributed by atoms with E-state index in [0.29, 0.717) is 18.4 Å². The molecule has 1 heterocycles. The first-order chi connectivity index (χ1) is 10.1. The Morgan fingerprint density at radius 1 is 1.27 bits per heavy atom. The van der Waals surface area contributed by atoms with Gasteiger partial charge in [-0.3, -0.25) is 4.99 Å². The summed E-state index contributed by atoms with van der Waals surface area (Å²) in [5, 5.41) is 8.75. The number of ether oxygens (including phenoxy) is 1. The van der Waals surface area contributed by atoms with Crippen LogP contribution in [-0.4, -0.2) is 39.3 Å². The molecule has 1 atom stereocenters. The van der Waals surface area contributed by atoms with Crippen molar-refractivity contribution in [3.63, 3.8) is 0 Å². The number of halogens is 1. The quantitative estimate of drug-likeness (QED) is 0.267. The first-order valence-corrected chi connectivity index (χ1v) is 8.57. The second-order valence-corrected chi connectivity index (χ2v) is 6.57. The van der Waals surface area contributed by atoms with E-state index in [1.54, 1.807) is 18.4 Å². The number of aliphatic imine (C=N–C) groups is 1. The van der Waals surface area contributed by atoms with E-state index in [4.69, 9.17) is 4.74 Å². The molecule has 0 spiro atoms. The molecule has 1 rings (SSSR count). The summed E-state index contributed by atoms with van der Waals surface area (Å²) < 4.78 is 5.58. The highest BCUT2D eigenvalue weighted by molar-refractivity contribution is 14.0. The maximum Gasteiger partial charge on any atom is 0.191 e. The smallest absolute Gasteiger partial charge is 0.191 e. The Morgan fingerprint density at radius 2 is 2.05 bits per heavy atom. The van der Waals surface area contributed by atoms with Crippen LogP contribution in [0.1, 0.15) is 38.0 Å². The summed E-state index contributed by atoms with van der Waals surface area (Å²) in [5.74, 6) is 2.03. The molecule has 0 saturated carbocycles. The van der Waals surface area contributed by atoms with Gasteiger partial charge in [0.15, 0.2) is 5.96 Å². The zero-order valence-electron chi connectivity index (χ0n) is 14.1. The highest BCUT2D eigenvalue weighted by atomic mass is 127. The Morgan fingerprint density at radius 3 is 2.64 bits per heavy atom. The molecular formula is C16H30IN3OS. The highest BCUT2D eigenvalue weighted by Crippen LogP contribution is 2.19. The minimum Gasteiger partial charge on any atom is -0.380 e. The summed E-state index contributed by atoms with van der Waals surface area (Å²) in [6.07, 6.45) is 1.12. The molecule has 1 unspecified atom stereocenters. The van der Waals surface area contributed by atoms with Gasteiger partial charge < -0.3 is 15.4 Å². The average Bonchev–Trinajstić information content (AvgIpc) is 2.99. The molecule has 4 nitrogen and oxygen atoms in total. The van der Waals surface area contributed by atoms with Crippen molar-refractivity contribution < 1.29 is 4.74 Å². The van der Waals surface area contributed by atoms with Gasteiger partial charge in [-0.25, -0.2) is 0 Å². The molecule has 0 aliphatic heterocycles. The van der Waals surface area contributed by atoms with E-state index in [1.165, 1.54) is 4.88 Å². The van der Waals surface area contributed by atoms with Gasteiger partial charge in [-0.1, -0.05) is 26.8 Å². The molecule has 128 valence electrons. The van der Waals surface area contributed by atoms with E-state index >= 15 is 0 Å². The van der Waals surface area contributed by atoms with Crippen LogP contribution in [0.3, 0.4) is 0 Å². The van der Waals surface area contributed by atoms with Crippen molar-refractivity contribution >= 4 is 41.3 Å². The van der Waals surface area contributed by atoms with Gasteiger partial charge in [-0.05, 0) is 23.8 Å². The molecule has 0 aliphatic carbocycles. The van der Waals surface area contributed by atoms with E-state index in [0.717, 1.165) is 32.1 Å². The molecule has 0 aromatic carbocycles. The van der Waals surface area contributed by atoms with E-state index in [1.807, 2.05) is 0 Å². The lowest BCUT2D eigenvalue weighted by Gasteiger charge is -2.15. The first kappa shape index (κ1) is 21.7. The lowest BCUT2D eigenvalue weighted by Crippen LogP contribution is -2.40. The Hall–Kier alpha value is -0.340. The molecule has 0 radical (unpaired) electrons. The first-order valence-electron chi connectivity index (χ1n) is 7.69. The van der Waals surface area contributed by atoms with Crippen LogP contribution in [0.4, 0.5) is 0 Å². The lowest BCUT2D eigenvalue weighted by molar-refractivity contribution is 0.128. The predicted octanol–water partition coefficient (Wildman–Crippen LogP) is 3.70. The third kappa shape index (κ3) is 9.63. The number of rotatable bonds is 9. The average molecular weight is 439 g/mol. The Balaban J connectivity index is 0.00000441. The second-order valence-electron chi connectivity index (χ2n) is 5.59. The van der Waals surface area contributed by atoms with Gasteiger partial charge in [-0.2, -0.15) is 0 Å². The fourth-order valence-electron chi connectivity index (χ4n) is 1.81. The molecule has 6 heteroatoms. The largest absolute Gasteiger partial charge is 0.380 e. The predicted molar refractivity (Wildman–Crippen MR) is 108 cm³/mol.